The van der Waals surface area contributed by atoms with Crippen LogP contribution in [0.1, 0.15) is 6.42 Å². The fourth-order valence-corrected chi connectivity index (χ4v) is 1.52. The third-order valence-corrected chi connectivity index (χ3v) is 2.24. The van der Waals surface area contributed by atoms with Gasteiger partial charge in [-0.25, -0.2) is 4.79 Å². The Morgan fingerprint density at radius 2 is 2.38 bits per heavy atom. The van der Waals surface area contributed by atoms with Crippen LogP contribution < -0.4 is 0 Å². The molecule has 0 amide bonds. The molecular weight excluding hydrogens is 208 g/mol. The molecule has 0 aliphatic carbocycles. The second-order valence-electron chi connectivity index (χ2n) is 3.59. The number of nitrogens with zero attached hydrogens (tertiary/aromatic N) is 2. The van der Waals surface area contributed by atoms with Crippen LogP contribution in [0.5, 0.6) is 0 Å². The second-order valence-corrected chi connectivity index (χ2v) is 3.59. The molecule has 0 radical (unpaired) electrons. The summed E-state index contributed by atoms with van der Waals surface area (Å²) in [6.45, 7) is 1.76. The van der Waals surface area contributed by atoms with Crippen LogP contribution in [0.4, 0.5) is 0 Å². The average Bonchev–Trinajstić information content (AvgIpc) is 2.24. The molecule has 5 nitrogen and oxygen atoms in total. The van der Waals surface area contributed by atoms with E-state index in [0.29, 0.717) is 5.71 Å². The van der Waals surface area contributed by atoms with Crippen LogP contribution >= 0.6 is 0 Å². The normalized spacial score (nSPS) is 18.6. The van der Waals surface area contributed by atoms with Gasteiger partial charge in [-0.2, -0.15) is 0 Å². The second kappa shape index (κ2) is 6.07. The van der Waals surface area contributed by atoms with E-state index in [9.17, 15) is 4.79 Å². The maximum absolute atomic E-state index is 10.4. The molecule has 0 spiro atoms. The minimum absolute atomic E-state index is 0.566. The fourth-order valence-electron chi connectivity index (χ4n) is 1.52. The summed E-state index contributed by atoms with van der Waals surface area (Å²) in [5, 5.41) is 12.4. The van der Waals surface area contributed by atoms with Crippen LogP contribution in [0.15, 0.2) is 29.0 Å². The van der Waals surface area contributed by atoms with Crippen molar-refractivity contribution in [3.8, 4) is 0 Å². The minimum Gasteiger partial charge on any atom is -0.478 e. The molecule has 1 aliphatic heterocycles. The average molecular weight is 224 g/mol. The van der Waals surface area contributed by atoms with Gasteiger partial charge < -0.3 is 14.8 Å². The molecule has 1 aliphatic rings. The van der Waals surface area contributed by atoms with E-state index in [1.54, 1.807) is 0 Å². The Hall–Kier alpha value is -1.62. The standard InChI is InChI=1S/C11H16N2O3/c1-13-7-3-4-9(8-13)10(12-16-2)5-6-11(14)15/h4-6H,3,7-8H2,1-2H3,(H,14,15)/b6-5+,12-10+. The monoisotopic (exact) mass is 224 g/mol. The van der Waals surface area contributed by atoms with Gasteiger partial charge in [0.25, 0.3) is 0 Å². The summed E-state index contributed by atoms with van der Waals surface area (Å²) in [6, 6.07) is 0. The lowest BCUT2D eigenvalue weighted by molar-refractivity contribution is -0.131. The molecule has 0 atom stereocenters. The quantitative estimate of drug-likeness (QED) is 0.437. The van der Waals surface area contributed by atoms with Crippen LogP contribution in [0, 0.1) is 0 Å². The Balaban J connectivity index is 2.82. The maximum atomic E-state index is 10.4. The highest BCUT2D eigenvalue weighted by molar-refractivity contribution is 6.10. The predicted octanol–water partition coefficient (Wildman–Crippen LogP) is 0.892. The lowest BCUT2D eigenvalue weighted by atomic mass is 10.0. The van der Waals surface area contributed by atoms with Crippen molar-refractivity contribution < 1.29 is 14.7 Å². The first-order chi connectivity index (χ1) is 7.63. The molecule has 1 rings (SSSR count). The highest BCUT2D eigenvalue weighted by Gasteiger charge is 2.12. The summed E-state index contributed by atoms with van der Waals surface area (Å²) in [7, 11) is 3.46. The van der Waals surface area contributed by atoms with Gasteiger partial charge >= 0.3 is 5.97 Å². The number of rotatable bonds is 4. The Morgan fingerprint density at radius 3 is 2.94 bits per heavy atom. The molecule has 1 N–H and O–H groups in total. The van der Waals surface area contributed by atoms with Crippen molar-refractivity contribution in [2.45, 2.75) is 6.42 Å². The summed E-state index contributed by atoms with van der Waals surface area (Å²) < 4.78 is 0. The molecule has 0 aromatic carbocycles. The van der Waals surface area contributed by atoms with Crippen LogP contribution in [0.25, 0.3) is 0 Å². The predicted molar refractivity (Wildman–Crippen MR) is 61.4 cm³/mol. The SMILES string of the molecule is CO/N=C(\C=C\C(=O)O)C1=CCCN(C)C1. The van der Waals surface area contributed by atoms with Gasteiger partial charge in [0.1, 0.15) is 12.8 Å². The summed E-state index contributed by atoms with van der Waals surface area (Å²) in [5.74, 6) is -0.992. The first-order valence-electron chi connectivity index (χ1n) is 5.03. The van der Waals surface area contributed by atoms with E-state index < -0.39 is 5.97 Å². The molecule has 0 unspecified atom stereocenters. The first-order valence-corrected chi connectivity index (χ1v) is 5.03. The number of aliphatic carboxylic acids is 1. The van der Waals surface area contributed by atoms with Gasteiger partial charge in [0, 0.05) is 19.2 Å². The molecule has 0 bridgehead atoms. The van der Waals surface area contributed by atoms with E-state index >= 15 is 0 Å². The summed E-state index contributed by atoms with van der Waals surface area (Å²) in [6.07, 6.45) is 5.52. The van der Waals surface area contributed by atoms with Gasteiger partial charge in [-0.3, -0.25) is 0 Å². The number of allylic oxidation sites excluding steroid dienone is 1. The Kier molecular flexibility index (Phi) is 4.72. The van der Waals surface area contributed by atoms with Gasteiger partial charge in [0.15, 0.2) is 0 Å². The van der Waals surface area contributed by atoms with E-state index in [1.165, 1.54) is 13.2 Å². The van der Waals surface area contributed by atoms with Gasteiger partial charge in [-0.1, -0.05) is 11.2 Å². The molecule has 0 aromatic rings. The number of hydrogen-bond acceptors (Lipinski definition) is 4. The van der Waals surface area contributed by atoms with Crippen LogP contribution in [0.3, 0.4) is 0 Å². The summed E-state index contributed by atoms with van der Waals surface area (Å²) >= 11 is 0. The summed E-state index contributed by atoms with van der Waals surface area (Å²) in [4.78, 5) is 17.3. The number of hydrogen-bond donors (Lipinski definition) is 1. The number of carboxylic acid groups (broad SMARTS) is 1. The van der Waals surface area contributed by atoms with E-state index in [2.05, 4.69) is 16.1 Å². The lowest BCUT2D eigenvalue weighted by Crippen LogP contribution is -2.28. The molecular formula is C11H16N2O3. The van der Waals surface area contributed by atoms with Crippen molar-refractivity contribution in [2.75, 3.05) is 27.2 Å². The van der Waals surface area contributed by atoms with Gasteiger partial charge in [0.05, 0.1) is 0 Å². The molecule has 0 aromatic heterocycles. The molecule has 1 heterocycles. The van der Waals surface area contributed by atoms with Crippen LogP contribution in [-0.2, 0) is 9.63 Å². The highest BCUT2D eigenvalue weighted by Crippen LogP contribution is 2.10. The Morgan fingerprint density at radius 1 is 1.62 bits per heavy atom. The largest absolute Gasteiger partial charge is 0.478 e. The van der Waals surface area contributed by atoms with Crippen LogP contribution in [0.2, 0.25) is 0 Å². The minimum atomic E-state index is -0.992. The Labute approximate surface area is 94.7 Å². The molecule has 5 heteroatoms. The van der Waals surface area contributed by atoms with E-state index in [-0.39, 0.29) is 0 Å². The zero-order valence-corrected chi connectivity index (χ0v) is 9.51. The molecule has 0 fully saturated rings. The number of likely N-dealkylation sites (N-methyl/N-ethyl adjacent to an activating group) is 1. The molecule has 88 valence electrons. The zero-order valence-electron chi connectivity index (χ0n) is 9.51. The number of carboxylic acids is 1. The highest BCUT2D eigenvalue weighted by atomic mass is 16.6. The van der Waals surface area contributed by atoms with E-state index in [4.69, 9.17) is 9.94 Å². The van der Waals surface area contributed by atoms with Crippen LogP contribution in [-0.4, -0.2) is 48.9 Å². The maximum Gasteiger partial charge on any atom is 0.328 e. The fraction of sp³-hybridized carbons (Fsp3) is 0.455. The van der Waals surface area contributed by atoms with Gasteiger partial charge in [-0.05, 0) is 25.1 Å². The van der Waals surface area contributed by atoms with Gasteiger partial charge in [-0.15, -0.1) is 0 Å². The van der Waals surface area contributed by atoms with Crippen molar-refractivity contribution in [1.82, 2.24) is 4.90 Å². The van der Waals surface area contributed by atoms with Crippen molar-refractivity contribution in [3.63, 3.8) is 0 Å². The van der Waals surface area contributed by atoms with E-state index in [0.717, 1.165) is 31.2 Å². The van der Waals surface area contributed by atoms with Gasteiger partial charge in [0.2, 0.25) is 0 Å². The smallest absolute Gasteiger partial charge is 0.328 e. The molecule has 0 saturated heterocycles. The topological polar surface area (TPSA) is 62.1 Å². The number of carbonyl (C=O) groups is 1. The third kappa shape index (κ3) is 3.86. The van der Waals surface area contributed by atoms with Crippen molar-refractivity contribution in [2.24, 2.45) is 5.16 Å². The first kappa shape index (κ1) is 12.4. The van der Waals surface area contributed by atoms with Crippen molar-refractivity contribution in [1.29, 1.82) is 0 Å². The number of oxime groups is 1. The van der Waals surface area contributed by atoms with E-state index in [1.807, 2.05) is 7.05 Å². The third-order valence-electron chi connectivity index (χ3n) is 2.24. The molecule has 0 saturated carbocycles. The van der Waals surface area contributed by atoms with Crippen molar-refractivity contribution >= 4 is 11.7 Å². The Bertz CT molecular complexity index is 345. The zero-order chi connectivity index (χ0) is 12.0. The van der Waals surface area contributed by atoms with Crippen molar-refractivity contribution in [3.05, 3.63) is 23.8 Å². The molecule has 16 heavy (non-hydrogen) atoms. The lowest BCUT2D eigenvalue weighted by Gasteiger charge is -2.22. The summed E-state index contributed by atoms with van der Waals surface area (Å²) in [5.41, 5.74) is 1.56.